The third-order valence-electron chi connectivity index (χ3n) is 4.79. The van der Waals surface area contributed by atoms with Crippen LogP contribution in [0.25, 0.3) is 0 Å². The standard InChI is InChI=1S/C20H34O3Si/c1-8-18(10-9-15-23-24(6,7)20(2,3)4)22-16-17-11-13-19(21-5)14-12-17/h8,11-14,18H,1,9-10,15-16H2,2-7H3/t18-/m1/s1. The predicted octanol–water partition coefficient (Wildman–Crippen LogP) is 5.57. The van der Waals surface area contributed by atoms with Crippen molar-refractivity contribution in [1.29, 1.82) is 0 Å². The van der Waals surface area contributed by atoms with Crippen molar-refractivity contribution < 1.29 is 13.9 Å². The van der Waals surface area contributed by atoms with Crippen molar-refractivity contribution in [3.63, 3.8) is 0 Å². The third-order valence-corrected chi connectivity index (χ3v) is 9.33. The van der Waals surface area contributed by atoms with Gasteiger partial charge in [0.05, 0.1) is 19.8 Å². The molecule has 0 fully saturated rings. The van der Waals surface area contributed by atoms with Gasteiger partial charge in [0, 0.05) is 6.61 Å². The molecule has 1 aromatic rings. The highest BCUT2D eigenvalue weighted by Gasteiger charge is 2.36. The summed E-state index contributed by atoms with van der Waals surface area (Å²) in [6, 6.07) is 7.96. The van der Waals surface area contributed by atoms with Gasteiger partial charge in [0.2, 0.25) is 0 Å². The van der Waals surface area contributed by atoms with Crippen LogP contribution in [0.2, 0.25) is 18.1 Å². The first-order valence-electron chi connectivity index (χ1n) is 8.70. The van der Waals surface area contributed by atoms with Crippen LogP contribution in [0, 0.1) is 0 Å². The lowest BCUT2D eigenvalue weighted by Crippen LogP contribution is -2.41. The van der Waals surface area contributed by atoms with Crippen LogP contribution in [0.5, 0.6) is 5.75 Å². The van der Waals surface area contributed by atoms with Crippen LogP contribution < -0.4 is 4.74 Å². The molecular weight excluding hydrogens is 316 g/mol. The fraction of sp³-hybridized carbons (Fsp3) is 0.600. The molecule has 0 saturated carbocycles. The van der Waals surface area contributed by atoms with Gasteiger partial charge >= 0.3 is 0 Å². The van der Waals surface area contributed by atoms with Gasteiger partial charge in [0.15, 0.2) is 8.32 Å². The number of ether oxygens (including phenoxy) is 2. The molecule has 0 bridgehead atoms. The average Bonchev–Trinajstić information content (AvgIpc) is 2.53. The molecular formula is C20H34O3Si. The van der Waals surface area contributed by atoms with Gasteiger partial charge in [0.25, 0.3) is 0 Å². The van der Waals surface area contributed by atoms with Crippen LogP contribution >= 0.6 is 0 Å². The molecule has 3 nitrogen and oxygen atoms in total. The first-order valence-corrected chi connectivity index (χ1v) is 11.6. The first-order chi connectivity index (χ1) is 11.2. The summed E-state index contributed by atoms with van der Waals surface area (Å²) in [5, 5.41) is 0.260. The largest absolute Gasteiger partial charge is 0.497 e. The summed E-state index contributed by atoms with van der Waals surface area (Å²) < 4.78 is 17.3. The molecule has 0 spiro atoms. The highest BCUT2D eigenvalue weighted by Crippen LogP contribution is 2.36. The zero-order valence-electron chi connectivity index (χ0n) is 16.2. The molecule has 0 aromatic heterocycles. The van der Waals surface area contributed by atoms with Gasteiger partial charge < -0.3 is 13.9 Å². The molecule has 0 amide bonds. The minimum absolute atomic E-state index is 0.0649. The van der Waals surface area contributed by atoms with E-state index in [-0.39, 0.29) is 11.1 Å². The second-order valence-corrected chi connectivity index (χ2v) is 12.5. The van der Waals surface area contributed by atoms with E-state index in [0.29, 0.717) is 6.61 Å². The Morgan fingerprint density at radius 2 is 1.79 bits per heavy atom. The lowest BCUT2D eigenvalue weighted by molar-refractivity contribution is 0.0622. The summed E-state index contributed by atoms with van der Waals surface area (Å²) in [5.74, 6) is 0.863. The van der Waals surface area contributed by atoms with Crippen LogP contribution in [-0.2, 0) is 15.8 Å². The molecule has 24 heavy (non-hydrogen) atoms. The zero-order chi connectivity index (χ0) is 18.2. The second-order valence-electron chi connectivity index (χ2n) is 7.68. The van der Waals surface area contributed by atoms with Gasteiger partial charge in [0.1, 0.15) is 5.75 Å². The molecule has 0 saturated heterocycles. The molecule has 1 atom stereocenters. The van der Waals surface area contributed by atoms with Crippen LogP contribution in [0.4, 0.5) is 0 Å². The van der Waals surface area contributed by atoms with Crippen molar-refractivity contribution in [2.45, 2.75) is 64.5 Å². The fourth-order valence-electron chi connectivity index (χ4n) is 2.02. The molecule has 0 aliphatic rings. The van der Waals surface area contributed by atoms with Gasteiger partial charge in [-0.05, 0) is 48.7 Å². The lowest BCUT2D eigenvalue weighted by Gasteiger charge is -2.36. The Balaban J connectivity index is 2.33. The SMILES string of the molecule is C=C[C@H](CCCO[Si](C)(C)C(C)(C)C)OCc1ccc(OC)cc1. The number of rotatable bonds is 10. The van der Waals surface area contributed by atoms with E-state index in [1.54, 1.807) is 7.11 Å². The smallest absolute Gasteiger partial charge is 0.191 e. The van der Waals surface area contributed by atoms with E-state index >= 15 is 0 Å². The Morgan fingerprint density at radius 3 is 2.29 bits per heavy atom. The Bertz CT molecular complexity index is 489. The average molecular weight is 351 g/mol. The minimum atomic E-state index is -1.65. The number of hydrogen-bond donors (Lipinski definition) is 0. The Labute approximate surface area is 149 Å². The Kier molecular flexibility index (Phi) is 8.20. The van der Waals surface area contributed by atoms with E-state index in [4.69, 9.17) is 13.9 Å². The van der Waals surface area contributed by atoms with Crippen molar-refractivity contribution in [2.75, 3.05) is 13.7 Å². The molecule has 0 aliphatic carbocycles. The molecule has 0 heterocycles. The normalized spacial score (nSPS) is 13.6. The third kappa shape index (κ3) is 6.79. The summed E-state index contributed by atoms with van der Waals surface area (Å²) >= 11 is 0. The van der Waals surface area contributed by atoms with Crippen molar-refractivity contribution >= 4 is 8.32 Å². The van der Waals surface area contributed by atoms with E-state index in [1.165, 1.54) is 0 Å². The van der Waals surface area contributed by atoms with Gasteiger partial charge in [-0.3, -0.25) is 0 Å². The highest BCUT2D eigenvalue weighted by atomic mass is 28.4. The number of benzene rings is 1. The first kappa shape index (κ1) is 20.9. The number of methoxy groups -OCH3 is 1. The molecule has 1 aromatic carbocycles. The molecule has 0 radical (unpaired) electrons. The van der Waals surface area contributed by atoms with E-state index in [0.717, 1.165) is 30.8 Å². The Hall–Kier alpha value is -1.10. The van der Waals surface area contributed by atoms with Gasteiger partial charge in [-0.25, -0.2) is 0 Å². The zero-order valence-corrected chi connectivity index (χ0v) is 17.2. The maximum atomic E-state index is 6.21. The van der Waals surface area contributed by atoms with Gasteiger partial charge in [-0.15, -0.1) is 6.58 Å². The number of hydrogen-bond acceptors (Lipinski definition) is 3. The van der Waals surface area contributed by atoms with E-state index < -0.39 is 8.32 Å². The van der Waals surface area contributed by atoms with E-state index in [2.05, 4.69) is 40.4 Å². The van der Waals surface area contributed by atoms with Crippen molar-refractivity contribution in [1.82, 2.24) is 0 Å². The molecule has 136 valence electrons. The second kappa shape index (κ2) is 9.40. The van der Waals surface area contributed by atoms with Crippen molar-refractivity contribution in [3.8, 4) is 5.75 Å². The van der Waals surface area contributed by atoms with E-state index in [9.17, 15) is 0 Å². The molecule has 1 rings (SSSR count). The quantitative estimate of drug-likeness (QED) is 0.314. The summed E-state index contributed by atoms with van der Waals surface area (Å²) in [5.41, 5.74) is 1.14. The van der Waals surface area contributed by atoms with Crippen LogP contribution in [0.3, 0.4) is 0 Å². The Morgan fingerprint density at radius 1 is 1.17 bits per heavy atom. The van der Waals surface area contributed by atoms with Crippen molar-refractivity contribution in [3.05, 3.63) is 42.5 Å². The maximum absolute atomic E-state index is 6.21. The monoisotopic (exact) mass is 350 g/mol. The molecule has 0 aliphatic heterocycles. The topological polar surface area (TPSA) is 27.7 Å². The summed E-state index contributed by atoms with van der Waals surface area (Å²) in [4.78, 5) is 0. The molecule has 0 unspecified atom stereocenters. The van der Waals surface area contributed by atoms with Gasteiger partial charge in [-0.1, -0.05) is 39.0 Å². The van der Waals surface area contributed by atoms with E-state index in [1.807, 2.05) is 30.3 Å². The summed E-state index contributed by atoms with van der Waals surface area (Å²) in [7, 11) is 0.0259. The van der Waals surface area contributed by atoms with Crippen LogP contribution in [-0.4, -0.2) is 28.1 Å². The van der Waals surface area contributed by atoms with Gasteiger partial charge in [-0.2, -0.15) is 0 Å². The summed E-state index contributed by atoms with van der Waals surface area (Å²) in [6.45, 7) is 16.7. The van der Waals surface area contributed by atoms with Crippen molar-refractivity contribution in [2.24, 2.45) is 0 Å². The lowest BCUT2D eigenvalue weighted by atomic mass is 10.2. The predicted molar refractivity (Wildman–Crippen MR) is 104 cm³/mol. The molecule has 4 heteroatoms. The maximum Gasteiger partial charge on any atom is 0.191 e. The fourth-order valence-corrected chi connectivity index (χ4v) is 3.11. The van der Waals surface area contributed by atoms with Crippen LogP contribution in [0.1, 0.15) is 39.2 Å². The minimum Gasteiger partial charge on any atom is -0.497 e. The summed E-state index contributed by atoms with van der Waals surface area (Å²) in [6.07, 6.45) is 3.88. The highest BCUT2D eigenvalue weighted by molar-refractivity contribution is 6.74. The van der Waals surface area contributed by atoms with Crippen LogP contribution in [0.15, 0.2) is 36.9 Å². The molecule has 0 N–H and O–H groups in total.